The van der Waals surface area contributed by atoms with Gasteiger partial charge in [0, 0.05) is 6.04 Å². The van der Waals surface area contributed by atoms with E-state index in [0.29, 0.717) is 15.4 Å². The highest BCUT2D eigenvalue weighted by molar-refractivity contribution is 7.99. The fourth-order valence-corrected chi connectivity index (χ4v) is 3.20. The molecular formula is C11H12N2O3S2. The van der Waals surface area contributed by atoms with Crippen molar-refractivity contribution in [3.8, 4) is 0 Å². The third-order valence-electron chi connectivity index (χ3n) is 2.32. The van der Waals surface area contributed by atoms with Gasteiger partial charge >= 0.3 is 5.97 Å². The molecule has 0 unspecified atom stereocenters. The predicted octanol–water partition coefficient (Wildman–Crippen LogP) is 2.22. The van der Waals surface area contributed by atoms with Crippen molar-refractivity contribution in [1.29, 1.82) is 0 Å². The van der Waals surface area contributed by atoms with E-state index >= 15 is 0 Å². The highest BCUT2D eigenvalue weighted by Gasteiger charge is 2.15. The van der Waals surface area contributed by atoms with Gasteiger partial charge in [0.1, 0.15) is 4.70 Å². The molecule has 0 aliphatic heterocycles. The average Bonchev–Trinajstić information content (AvgIpc) is 2.74. The van der Waals surface area contributed by atoms with Crippen molar-refractivity contribution in [2.24, 2.45) is 0 Å². The number of hydrogen-bond donors (Lipinski definition) is 1. The van der Waals surface area contributed by atoms with Crippen LogP contribution in [0.2, 0.25) is 0 Å². The number of carboxylic acids is 1. The van der Waals surface area contributed by atoms with E-state index in [9.17, 15) is 9.59 Å². The van der Waals surface area contributed by atoms with Crippen molar-refractivity contribution in [2.75, 3.05) is 5.75 Å². The predicted molar refractivity (Wildman–Crippen MR) is 72.6 cm³/mol. The summed E-state index contributed by atoms with van der Waals surface area (Å²) in [6.07, 6.45) is 0. The summed E-state index contributed by atoms with van der Waals surface area (Å²) in [6.45, 7) is 3.76. The first-order valence-corrected chi connectivity index (χ1v) is 7.21. The topological polar surface area (TPSA) is 72.2 Å². The molecule has 0 atom stereocenters. The van der Waals surface area contributed by atoms with Gasteiger partial charge in [-0.05, 0) is 25.3 Å². The van der Waals surface area contributed by atoms with Gasteiger partial charge in [0.2, 0.25) is 0 Å². The molecule has 5 nitrogen and oxygen atoms in total. The Hall–Kier alpha value is -1.34. The normalized spacial score (nSPS) is 11.3. The van der Waals surface area contributed by atoms with Crippen LogP contribution in [0.5, 0.6) is 0 Å². The molecule has 0 saturated carbocycles. The quantitative estimate of drug-likeness (QED) is 0.688. The number of aliphatic carboxylic acids is 1. The minimum atomic E-state index is -0.921. The standard InChI is InChI=1S/C11H12N2O3S2/c1-6(2)13-10(16)9-7(3-4-17-9)12-11(13)18-5-8(14)15/h3-4,6H,5H2,1-2H3,(H,14,15). The summed E-state index contributed by atoms with van der Waals surface area (Å²) in [4.78, 5) is 27.2. The van der Waals surface area contributed by atoms with E-state index in [-0.39, 0.29) is 17.4 Å². The molecule has 2 aromatic heterocycles. The number of carboxylic acid groups (broad SMARTS) is 1. The Kier molecular flexibility index (Phi) is 3.72. The molecule has 0 saturated heterocycles. The molecule has 0 aliphatic carbocycles. The van der Waals surface area contributed by atoms with E-state index < -0.39 is 5.97 Å². The van der Waals surface area contributed by atoms with Gasteiger partial charge in [-0.15, -0.1) is 11.3 Å². The monoisotopic (exact) mass is 284 g/mol. The van der Waals surface area contributed by atoms with Gasteiger partial charge in [0.05, 0.1) is 11.3 Å². The summed E-state index contributed by atoms with van der Waals surface area (Å²) in [7, 11) is 0. The third-order valence-corrected chi connectivity index (χ3v) is 4.15. The van der Waals surface area contributed by atoms with Crippen molar-refractivity contribution < 1.29 is 9.90 Å². The molecule has 0 amide bonds. The zero-order valence-corrected chi connectivity index (χ0v) is 11.5. The van der Waals surface area contributed by atoms with E-state index in [1.54, 1.807) is 10.6 Å². The number of thioether (sulfide) groups is 1. The zero-order chi connectivity index (χ0) is 13.3. The Morgan fingerprint density at radius 1 is 1.61 bits per heavy atom. The number of fused-ring (bicyclic) bond motifs is 1. The van der Waals surface area contributed by atoms with Crippen molar-refractivity contribution in [2.45, 2.75) is 25.0 Å². The second-order valence-corrected chi connectivity index (χ2v) is 5.84. The maximum absolute atomic E-state index is 12.3. The van der Waals surface area contributed by atoms with E-state index in [4.69, 9.17) is 5.11 Å². The Bertz CT molecular complexity index is 645. The molecule has 2 rings (SSSR count). The van der Waals surface area contributed by atoms with Crippen LogP contribution in [0, 0.1) is 0 Å². The minimum absolute atomic E-state index is 0.0483. The average molecular weight is 284 g/mol. The Morgan fingerprint density at radius 2 is 2.33 bits per heavy atom. The smallest absolute Gasteiger partial charge is 0.313 e. The summed E-state index contributed by atoms with van der Waals surface area (Å²) in [5.74, 6) is -1.02. The highest BCUT2D eigenvalue weighted by atomic mass is 32.2. The van der Waals surface area contributed by atoms with E-state index in [1.165, 1.54) is 11.3 Å². The molecular weight excluding hydrogens is 272 g/mol. The van der Waals surface area contributed by atoms with Crippen molar-refractivity contribution in [3.63, 3.8) is 0 Å². The summed E-state index contributed by atoms with van der Waals surface area (Å²) in [5, 5.41) is 11.0. The summed E-state index contributed by atoms with van der Waals surface area (Å²) in [6, 6.07) is 1.73. The lowest BCUT2D eigenvalue weighted by Gasteiger charge is -2.14. The second kappa shape index (κ2) is 5.11. The maximum atomic E-state index is 12.3. The summed E-state index contributed by atoms with van der Waals surface area (Å²) >= 11 is 2.43. The number of thiophene rings is 1. The number of carbonyl (C=O) groups is 1. The second-order valence-electron chi connectivity index (χ2n) is 3.98. The number of rotatable bonds is 4. The van der Waals surface area contributed by atoms with Crippen LogP contribution in [-0.4, -0.2) is 26.4 Å². The summed E-state index contributed by atoms with van der Waals surface area (Å²) in [5.41, 5.74) is 0.535. The Morgan fingerprint density at radius 3 is 2.94 bits per heavy atom. The Labute approximate surface area is 111 Å². The number of aromatic nitrogens is 2. The first-order chi connectivity index (χ1) is 8.50. The molecule has 0 fully saturated rings. The first-order valence-electron chi connectivity index (χ1n) is 5.35. The molecule has 0 aromatic carbocycles. The molecule has 0 aliphatic rings. The van der Waals surface area contributed by atoms with Crippen molar-refractivity contribution in [1.82, 2.24) is 9.55 Å². The lowest BCUT2D eigenvalue weighted by molar-refractivity contribution is -0.133. The molecule has 0 bridgehead atoms. The van der Waals surface area contributed by atoms with E-state index in [1.807, 2.05) is 19.2 Å². The van der Waals surface area contributed by atoms with Gasteiger partial charge in [0.25, 0.3) is 5.56 Å². The first kappa shape index (κ1) is 13.1. The maximum Gasteiger partial charge on any atom is 0.313 e. The van der Waals surface area contributed by atoms with Crippen LogP contribution in [0.25, 0.3) is 10.2 Å². The van der Waals surface area contributed by atoms with Gasteiger partial charge in [-0.1, -0.05) is 11.8 Å². The van der Waals surface area contributed by atoms with Crippen LogP contribution in [0.1, 0.15) is 19.9 Å². The largest absolute Gasteiger partial charge is 0.481 e. The van der Waals surface area contributed by atoms with Crippen molar-refractivity contribution >= 4 is 39.3 Å². The van der Waals surface area contributed by atoms with Gasteiger partial charge < -0.3 is 5.11 Å². The molecule has 18 heavy (non-hydrogen) atoms. The fraction of sp³-hybridized carbons (Fsp3) is 0.364. The highest BCUT2D eigenvalue weighted by Crippen LogP contribution is 2.22. The third kappa shape index (κ3) is 2.41. The Balaban J connectivity index is 2.58. The molecule has 2 heterocycles. The van der Waals surface area contributed by atoms with Crippen LogP contribution in [-0.2, 0) is 4.79 Å². The molecule has 96 valence electrons. The number of hydrogen-bond acceptors (Lipinski definition) is 5. The van der Waals surface area contributed by atoms with Gasteiger partial charge in [-0.25, -0.2) is 4.98 Å². The van der Waals surface area contributed by atoms with Crippen LogP contribution < -0.4 is 5.56 Å². The minimum Gasteiger partial charge on any atom is -0.481 e. The van der Waals surface area contributed by atoms with Crippen molar-refractivity contribution in [3.05, 3.63) is 21.8 Å². The molecule has 1 N–H and O–H groups in total. The van der Waals surface area contributed by atoms with Crippen LogP contribution in [0.3, 0.4) is 0 Å². The molecule has 0 spiro atoms. The van der Waals surface area contributed by atoms with E-state index in [2.05, 4.69) is 4.98 Å². The summed E-state index contributed by atoms with van der Waals surface area (Å²) < 4.78 is 2.16. The number of nitrogens with zero attached hydrogens (tertiary/aromatic N) is 2. The molecule has 0 radical (unpaired) electrons. The van der Waals surface area contributed by atoms with Crippen LogP contribution in [0.15, 0.2) is 21.4 Å². The van der Waals surface area contributed by atoms with Gasteiger partial charge in [-0.3, -0.25) is 14.2 Å². The SMILES string of the molecule is CC(C)n1c(SCC(=O)O)nc2ccsc2c1=O. The molecule has 7 heteroatoms. The lowest BCUT2D eigenvalue weighted by atomic mass is 10.4. The van der Waals surface area contributed by atoms with Crippen LogP contribution in [0.4, 0.5) is 0 Å². The van der Waals surface area contributed by atoms with Crippen LogP contribution >= 0.6 is 23.1 Å². The fourth-order valence-electron chi connectivity index (χ4n) is 1.59. The lowest BCUT2D eigenvalue weighted by Crippen LogP contribution is -2.24. The molecule has 2 aromatic rings. The van der Waals surface area contributed by atoms with Gasteiger partial charge in [-0.2, -0.15) is 0 Å². The van der Waals surface area contributed by atoms with E-state index in [0.717, 1.165) is 11.8 Å². The zero-order valence-electron chi connectivity index (χ0n) is 9.91. The van der Waals surface area contributed by atoms with Gasteiger partial charge in [0.15, 0.2) is 5.16 Å².